The van der Waals surface area contributed by atoms with Crippen LogP contribution in [0.5, 0.6) is 0 Å². The van der Waals surface area contributed by atoms with Gasteiger partial charge in [-0.05, 0) is 56.8 Å². The van der Waals surface area contributed by atoms with Crippen LogP contribution in [0.4, 0.5) is 0 Å². The number of allylic oxidation sites excluding steroid dienone is 2. The summed E-state index contributed by atoms with van der Waals surface area (Å²) in [6, 6.07) is 0. The summed E-state index contributed by atoms with van der Waals surface area (Å²) in [4.78, 5) is 2.66. The highest BCUT2D eigenvalue weighted by molar-refractivity contribution is 6.58. The lowest BCUT2D eigenvalue weighted by Crippen LogP contribution is -2.37. The molecule has 1 fully saturated rings. The number of fused-ring (bicyclic) bond motifs is 4. The summed E-state index contributed by atoms with van der Waals surface area (Å²) in [7, 11) is 0. The molecule has 1 saturated carbocycles. The van der Waals surface area contributed by atoms with Crippen molar-refractivity contribution in [2.75, 3.05) is 13.1 Å². The third-order valence-electron chi connectivity index (χ3n) is 5.07. The lowest BCUT2D eigenvalue weighted by atomic mass is 9.55. The van der Waals surface area contributed by atoms with E-state index >= 15 is 0 Å². The minimum atomic E-state index is 0.869. The Hall–Kier alpha value is -0.235. The van der Waals surface area contributed by atoms with Crippen LogP contribution < -0.4 is 0 Å². The summed E-state index contributed by atoms with van der Waals surface area (Å²) < 4.78 is 0. The van der Waals surface area contributed by atoms with Crippen LogP contribution in [0.1, 0.15) is 33.1 Å². The van der Waals surface area contributed by atoms with Crippen LogP contribution in [0.15, 0.2) is 11.1 Å². The molecule has 3 rings (SSSR count). The Labute approximate surface area is 94.0 Å². The SMILES string of the molecule is CCN(CC)B1CC2=C(C1)[C@H]1CC[C@@H]2C1. The molecular weight excluding hydrogens is 181 g/mol. The molecule has 0 amide bonds. The lowest BCUT2D eigenvalue weighted by Gasteiger charge is -2.25. The standard InChI is InChI=1S/C13H22BN/c1-3-15(4-2)14-8-12-10-5-6-11(7-10)13(12)9-14/h10-11H,3-9H2,1-2H3/t10-,11+. The molecule has 0 aromatic heterocycles. The van der Waals surface area contributed by atoms with Crippen molar-refractivity contribution in [1.29, 1.82) is 0 Å². The molecule has 15 heavy (non-hydrogen) atoms. The molecule has 0 N–H and O–H groups in total. The van der Waals surface area contributed by atoms with E-state index < -0.39 is 0 Å². The predicted octanol–water partition coefficient (Wildman–Crippen LogP) is 3.06. The molecule has 2 atom stereocenters. The van der Waals surface area contributed by atoms with E-state index in [1.165, 1.54) is 45.0 Å². The summed E-state index contributed by atoms with van der Waals surface area (Å²) >= 11 is 0. The maximum atomic E-state index is 2.66. The van der Waals surface area contributed by atoms with Gasteiger partial charge in [-0.3, -0.25) is 0 Å². The predicted molar refractivity (Wildman–Crippen MR) is 66.1 cm³/mol. The molecule has 0 saturated heterocycles. The Morgan fingerprint density at radius 2 is 1.60 bits per heavy atom. The molecule has 0 unspecified atom stereocenters. The summed E-state index contributed by atoms with van der Waals surface area (Å²) in [5.74, 6) is 2.04. The fourth-order valence-corrected chi connectivity index (χ4v) is 4.31. The summed E-state index contributed by atoms with van der Waals surface area (Å²) in [6.07, 6.45) is 7.37. The normalized spacial score (nSPS) is 33.4. The molecule has 1 heterocycles. The Bertz CT molecular complexity index is 271. The van der Waals surface area contributed by atoms with E-state index in [1.54, 1.807) is 0 Å². The summed E-state index contributed by atoms with van der Waals surface area (Å²) in [5.41, 5.74) is 3.81. The molecule has 2 bridgehead atoms. The van der Waals surface area contributed by atoms with Gasteiger partial charge in [0.2, 0.25) is 6.85 Å². The van der Waals surface area contributed by atoms with Crippen molar-refractivity contribution in [1.82, 2.24) is 4.81 Å². The van der Waals surface area contributed by atoms with Gasteiger partial charge in [-0.2, -0.15) is 0 Å². The summed E-state index contributed by atoms with van der Waals surface area (Å²) in [6.45, 7) is 7.95. The van der Waals surface area contributed by atoms with Crippen LogP contribution in [0, 0.1) is 11.8 Å². The third-order valence-corrected chi connectivity index (χ3v) is 5.07. The zero-order valence-corrected chi connectivity index (χ0v) is 10.1. The van der Waals surface area contributed by atoms with Gasteiger partial charge in [0.1, 0.15) is 0 Å². The molecule has 0 aromatic rings. The van der Waals surface area contributed by atoms with E-state index in [0.29, 0.717) is 0 Å². The zero-order valence-electron chi connectivity index (χ0n) is 10.1. The first-order chi connectivity index (χ1) is 7.33. The van der Waals surface area contributed by atoms with Gasteiger partial charge in [0.05, 0.1) is 0 Å². The molecule has 82 valence electrons. The largest absolute Gasteiger partial charge is 0.342 e. The first kappa shape index (κ1) is 9.95. The quantitative estimate of drug-likeness (QED) is 0.503. The molecule has 1 nitrogen and oxygen atoms in total. The Morgan fingerprint density at radius 1 is 1.07 bits per heavy atom. The van der Waals surface area contributed by atoms with Gasteiger partial charge < -0.3 is 4.81 Å². The molecule has 2 aliphatic carbocycles. The first-order valence-corrected chi connectivity index (χ1v) is 6.79. The monoisotopic (exact) mass is 203 g/mol. The van der Waals surface area contributed by atoms with Gasteiger partial charge >= 0.3 is 0 Å². The smallest absolute Gasteiger partial charge is 0.231 e. The molecule has 0 aromatic carbocycles. The van der Waals surface area contributed by atoms with Crippen LogP contribution in [0.2, 0.25) is 12.6 Å². The minimum absolute atomic E-state index is 0.869. The summed E-state index contributed by atoms with van der Waals surface area (Å²) in [5, 5.41) is 0. The van der Waals surface area contributed by atoms with Gasteiger partial charge in [-0.15, -0.1) is 0 Å². The highest BCUT2D eigenvalue weighted by Crippen LogP contribution is 2.55. The van der Waals surface area contributed by atoms with Gasteiger partial charge in [-0.25, -0.2) is 0 Å². The lowest BCUT2D eigenvalue weighted by molar-refractivity contribution is 0.477. The van der Waals surface area contributed by atoms with E-state index in [2.05, 4.69) is 18.7 Å². The second kappa shape index (κ2) is 3.66. The fraction of sp³-hybridized carbons (Fsp3) is 0.846. The molecule has 0 spiro atoms. The molecule has 3 aliphatic rings. The van der Waals surface area contributed by atoms with Crippen LogP contribution in [-0.4, -0.2) is 24.7 Å². The Morgan fingerprint density at radius 3 is 2.07 bits per heavy atom. The third kappa shape index (κ3) is 1.41. The number of hydrogen-bond donors (Lipinski definition) is 0. The molecule has 0 radical (unpaired) electrons. The van der Waals surface area contributed by atoms with Crippen molar-refractivity contribution >= 4 is 6.85 Å². The van der Waals surface area contributed by atoms with Gasteiger partial charge in [-0.1, -0.05) is 25.0 Å². The molecular formula is C13H22BN. The van der Waals surface area contributed by atoms with Crippen LogP contribution in [-0.2, 0) is 0 Å². The fourth-order valence-electron chi connectivity index (χ4n) is 4.31. The number of nitrogens with zero attached hydrogens (tertiary/aromatic N) is 1. The zero-order chi connectivity index (χ0) is 10.4. The van der Waals surface area contributed by atoms with Gasteiger partial charge in [0, 0.05) is 0 Å². The van der Waals surface area contributed by atoms with E-state index in [9.17, 15) is 0 Å². The van der Waals surface area contributed by atoms with Crippen LogP contribution >= 0.6 is 0 Å². The van der Waals surface area contributed by atoms with E-state index in [4.69, 9.17) is 0 Å². The van der Waals surface area contributed by atoms with E-state index in [-0.39, 0.29) is 0 Å². The van der Waals surface area contributed by atoms with Crippen molar-refractivity contribution in [3.63, 3.8) is 0 Å². The number of hydrogen-bond acceptors (Lipinski definition) is 1. The Kier molecular flexibility index (Phi) is 2.43. The van der Waals surface area contributed by atoms with Gasteiger partial charge in [0.15, 0.2) is 0 Å². The average molecular weight is 203 g/mol. The average Bonchev–Trinajstić information content (AvgIpc) is 2.90. The second-order valence-corrected chi connectivity index (χ2v) is 5.54. The van der Waals surface area contributed by atoms with Crippen molar-refractivity contribution < 1.29 is 0 Å². The maximum absolute atomic E-state index is 2.66. The van der Waals surface area contributed by atoms with Crippen LogP contribution in [0.25, 0.3) is 0 Å². The molecule has 1 aliphatic heterocycles. The minimum Gasteiger partial charge on any atom is -0.342 e. The van der Waals surface area contributed by atoms with E-state index in [1.807, 2.05) is 11.1 Å². The first-order valence-electron chi connectivity index (χ1n) is 6.79. The Balaban J connectivity index is 1.72. The second-order valence-electron chi connectivity index (χ2n) is 5.54. The van der Waals surface area contributed by atoms with Crippen molar-refractivity contribution in [2.24, 2.45) is 11.8 Å². The highest BCUT2D eigenvalue weighted by atomic mass is 15.0. The van der Waals surface area contributed by atoms with Crippen molar-refractivity contribution in [3.8, 4) is 0 Å². The number of rotatable bonds is 3. The highest BCUT2D eigenvalue weighted by Gasteiger charge is 2.45. The van der Waals surface area contributed by atoms with Crippen molar-refractivity contribution in [2.45, 2.75) is 45.8 Å². The topological polar surface area (TPSA) is 3.24 Å². The van der Waals surface area contributed by atoms with Crippen molar-refractivity contribution in [3.05, 3.63) is 11.1 Å². The van der Waals surface area contributed by atoms with E-state index in [0.717, 1.165) is 18.7 Å². The van der Waals surface area contributed by atoms with Crippen LogP contribution in [0.3, 0.4) is 0 Å². The molecule has 2 heteroatoms. The maximum Gasteiger partial charge on any atom is 0.231 e. The van der Waals surface area contributed by atoms with Gasteiger partial charge in [0.25, 0.3) is 0 Å².